The fraction of sp³-hybridized carbons (Fsp3) is 0.188. The Morgan fingerprint density at radius 2 is 2.05 bits per heavy atom. The standard InChI is InChI=1S/C16H14BrClFNO2/c17-13-4-2-1-3-11(13)9-16(21)20-7-8-22-15-6-5-12(19)10-14(15)18/h1-6,10H,7-9H2,(H,20,21). The topological polar surface area (TPSA) is 38.3 Å². The van der Waals surface area contributed by atoms with Crippen LogP contribution in [0.4, 0.5) is 4.39 Å². The van der Waals surface area contributed by atoms with Crippen molar-refractivity contribution in [1.29, 1.82) is 0 Å². The average molecular weight is 387 g/mol. The summed E-state index contributed by atoms with van der Waals surface area (Å²) in [5, 5.41) is 2.97. The summed E-state index contributed by atoms with van der Waals surface area (Å²) in [5.41, 5.74) is 0.919. The van der Waals surface area contributed by atoms with Gasteiger partial charge in [-0.1, -0.05) is 45.7 Å². The van der Waals surface area contributed by atoms with E-state index in [0.717, 1.165) is 10.0 Å². The van der Waals surface area contributed by atoms with Crippen LogP contribution in [0.25, 0.3) is 0 Å². The molecular formula is C16H14BrClFNO2. The summed E-state index contributed by atoms with van der Waals surface area (Å²) in [6.45, 7) is 0.601. The van der Waals surface area contributed by atoms with Crippen LogP contribution in [-0.4, -0.2) is 19.1 Å². The lowest BCUT2D eigenvalue weighted by molar-refractivity contribution is -0.120. The van der Waals surface area contributed by atoms with Crippen molar-refractivity contribution in [2.45, 2.75) is 6.42 Å². The molecule has 2 aromatic carbocycles. The monoisotopic (exact) mass is 385 g/mol. The minimum atomic E-state index is -0.418. The summed E-state index contributed by atoms with van der Waals surface area (Å²) in [7, 11) is 0. The highest BCUT2D eigenvalue weighted by molar-refractivity contribution is 9.10. The predicted molar refractivity (Wildman–Crippen MR) is 87.8 cm³/mol. The minimum Gasteiger partial charge on any atom is -0.490 e. The molecular weight excluding hydrogens is 373 g/mol. The Hall–Kier alpha value is -1.59. The van der Waals surface area contributed by atoms with E-state index >= 15 is 0 Å². The molecule has 0 heterocycles. The number of hydrogen-bond acceptors (Lipinski definition) is 2. The van der Waals surface area contributed by atoms with E-state index in [1.807, 2.05) is 24.3 Å². The Bertz CT molecular complexity index is 666. The normalized spacial score (nSPS) is 10.3. The van der Waals surface area contributed by atoms with Crippen LogP contribution in [0, 0.1) is 5.82 Å². The van der Waals surface area contributed by atoms with Crippen LogP contribution in [0.2, 0.25) is 5.02 Å². The summed E-state index contributed by atoms with van der Waals surface area (Å²) in [6.07, 6.45) is 0.290. The molecule has 0 saturated carbocycles. The Labute approximate surface area is 141 Å². The molecule has 0 aromatic heterocycles. The molecule has 0 aliphatic rings. The van der Waals surface area contributed by atoms with Gasteiger partial charge in [-0.05, 0) is 29.8 Å². The van der Waals surface area contributed by atoms with Crippen molar-refractivity contribution < 1.29 is 13.9 Å². The van der Waals surface area contributed by atoms with Gasteiger partial charge in [-0.25, -0.2) is 4.39 Å². The highest BCUT2D eigenvalue weighted by Gasteiger charge is 2.06. The molecule has 1 amide bonds. The third-order valence-corrected chi connectivity index (χ3v) is 3.95. The molecule has 2 rings (SSSR count). The quantitative estimate of drug-likeness (QED) is 0.763. The minimum absolute atomic E-state index is 0.0966. The first-order valence-corrected chi connectivity index (χ1v) is 7.81. The van der Waals surface area contributed by atoms with E-state index < -0.39 is 5.82 Å². The van der Waals surface area contributed by atoms with E-state index in [9.17, 15) is 9.18 Å². The molecule has 116 valence electrons. The number of hydrogen-bond donors (Lipinski definition) is 1. The molecule has 0 bridgehead atoms. The number of rotatable bonds is 6. The molecule has 1 N–H and O–H groups in total. The van der Waals surface area contributed by atoms with Crippen LogP contribution in [0.3, 0.4) is 0 Å². The number of carbonyl (C=O) groups is 1. The maximum Gasteiger partial charge on any atom is 0.224 e. The molecule has 22 heavy (non-hydrogen) atoms. The highest BCUT2D eigenvalue weighted by atomic mass is 79.9. The van der Waals surface area contributed by atoms with Gasteiger partial charge in [-0.2, -0.15) is 0 Å². The third-order valence-electron chi connectivity index (χ3n) is 2.88. The third kappa shape index (κ3) is 5.00. The molecule has 0 aliphatic heterocycles. The van der Waals surface area contributed by atoms with E-state index in [1.54, 1.807) is 0 Å². The number of ether oxygens (including phenoxy) is 1. The molecule has 0 fully saturated rings. The predicted octanol–water partition coefficient (Wildman–Crippen LogP) is 3.98. The Morgan fingerprint density at radius 3 is 2.77 bits per heavy atom. The molecule has 0 radical (unpaired) electrons. The molecule has 3 nitrogen and oxygen atoms in total. The van der Waals surface area contributed by atoms with Crippen LogP contribution in [0.15, 0.2) is 46.9 Å². The van der Waals surface area contributed by atoms with Gasteiger partial charge in [0.1, 0.15) is 18.2 Å². The zero-order chi connectivity index (χ0) is 15.9. The molecule has 2 aromatic rings. The lowest BCUT2D eigenvalue weighted by atomic mass is 10.1. The molecule has 6 heteroatoms. The first-order valence-electron chi connectivity index (χ1n) is 6.64. The van der Waals surface area contributed by atoms with Crippen molar-refractivity contribution in [2.24, 2.45) is 0 Å². The van der Waals surface area contributed by atoms with Crippen LogP contribution in [0.5, 0.6) is 5.75 Å². The lowest BCUT2D eigenvalue weighted by Crippen LogP contribution is -2.29. The van der Waals surface area contributed by atoms with Gasteiger partial charge in [0.25, 0.3) is 0 Å². The molecule has 0 unspecified atom stereocenters. The van der Waals surface area contributed by atoms with Crippen LogP contribution in [0.1, 0.15) is 5.56 Å². The van der Waals surface area contributed by atoms with E-state index in [2.05, 4.69) is 21.2 Å². The number of amides is 1. The van der Waals surface area contributed by atoms with Crippen molar-refractivity contribution in [2.75, 3.05) is 13.2 Å². The van der Waals surface area contributed by atoms with Gasteiger partial charge in [0.05, 0.1) is 18.0 Å². The fourth-order valence-corrected chi connectivity index (χ4v) is 2.47. The highest BCUT2D eigenvalue weighted by Crippen LogP contribution is 2.24. The van der Waals surface area contributed by atoms with E-state index in [0.29, 0.717) is 18.7 Å². The number of halogens is 3. The smallest absolute Gasteiger partial charge is 0.224 e. The van der Waals surface area contributed by atoms with E-state index in [1.165, 1.54) is 18.2 Å². The Kier molecular flexibility index (Phi) is 6.21. The van der Waals surface area contributed by atoms with Crippen LogP contribution < -0.4 is 10.1 Å². The maximum atomic E-state index is 12.9. The van der Waals surface area contributed by atoms with Crippen molar-refractivity contribution in [3.63, 3.8) is 0 Å². The lowest BCUT2D eigenvalue weighted by Gasteiger charge is -2.09. The summed E-state index contributed by atoms with van der Waals surface area (Å²) < 4.78 is 19.2. The fourth-order valence-electron chi connectivity index (χ4n) is 1.82. The van der Waals surface area contributed by atoms with Crippen molar-refractivity contribution in [3.05, 3.63) is 63.3 Å². The second kappa shape index (κ2) is 8.15. The molecule has 0 spiro atoms. The molecule has 0 atom stereocenters. The largest absolute Gasteiger partial charge is 0.490 e. The van der Waals surface area contributed by atoms with Gasteiger partial charge < -0.3 is 10.1 Å². The van der Waals surface area contributed by atoms with Crippen LogP contribution >= 0.6 is 27.5 Å². The summed E-state index contributed by atoms with van der Waals surface area (Å²) >= 11 is 9.24. The number of benzene rings is 2. The SMILES string of the molecule is O=C(Cc1ccccc1Br)NCCOc1ccc(F)cc1Cl. The van der Waals surface area contributed by atoms with Crippen LogP contribution in [-0.2, 0) is 11.2 Å². The average Bonchev–Trinajstić information content (AvgIpc) is 2.48. The number of nitrogens with one attached hydrogen (secondary N) is 1. The van der Waals surface area contributed by atoms with Gasteiger partial charge in [0, 0.05) is 4.47 Å². The second-order valence-electron chi connectivity index (χ2n) is 4.54. The van der Waals surface area contributed by atoms with Gasteiger partial charge in [-0.15, -0.1) is 0 Å². The van der Waals surface area contributed by atoms with Gasteiger partial charge in [0.2, 0.25) is 5.91 Å². The Balaban J connectivity index is 1.74. The van der Waals surface area contributed by atoms with Gasteiger partial charge >= 0.3 is 0 Å². The van der Waals surface area contributed by atoms with Crippen molar-refractivity contribution in [3.8, 4) is 5.75 Å². The summed E-state index contributed by atoms with van der Waals surface area (Å²) in [4.78, 5) is 11.8. The van der Waals surface area contributed by atoms with Gasteiger partial charge in [0.15, 0.2) is 0 Å². The summed E-state index contributed by atoms with van der Waals surface area (Å²) in [6, 6.07) is 11.5. The van der Waals surface area contributed by atoms with Crippen molar-refractivity contribution >= 4 is 33.4 Å². The van der Waals surface area contributed by atoms with E-state index in [4.69, 9.17) is 16.3 Å². The maximum absolute atomic E-state index is 12.9. The second-order valence-corrected chi connectivity index (χ2v) is 5.80. The first-order chi connectivity index (χ1) is 10.6. The first kappa shape index (κ1) is 16.8. The zero-order valence-electron chi connectivity index (χ0n) is 11.6. The van der Waals surface area contributed by atoms with Gasteiger partial charge in [-0.3, -0.25) is 4.79 Å². The molecule has 0 aliphatic carbocycles. The Morgan fingerprint density at radius 1 is 1.27 bits per heavy atom. The zero-order valence-corrected chi connectivity index (χ0v) is 14.0. The summed E-state index contributed by atoms with van der Waals surface area (Å²) in [5.74, 6) is -0.122. The van der Waals surface area contributed by atoms with Crippen molar-refractivity contribution in [1.82, 2.24) is 5.32 Å². The number of carbonyl (C=O) groups excluding carboxylic acids is 1. The van der Waals surface area contributed by atoms with E-state index in [-0.39, 0.29) is 17.5 Å². The molecule has 0 saturated heterocycles.